The largest absolute Gasteiger partial charge is 0.444 e. The van der Waals surface area contributed by atoms with Crippen LogP contribution in [-0.4, -0.2) is 58.4 Å². The molecule has 3 heterocycles. The van der Waals surface area contributed by atoms with Gasteiger partial charge in [-0.2, -0.15) is 0 Å². The summed E-state index contributed by atoms with van der Waals surface area (Å²) < 4.78 is 10.6. The second kappa shape index (κ2) is 7.32. The molecule has 8 heteroatoms. The van der Waals surface area contributed by atoms with Crippen molar-refractivity contribution in [2.45, 2.75) is 65.1 Å². The molecule has 8 nitrogen and oxygen atoms in total. The van der Waals surface area contributed by atoms with E-state index in [2.05, 4.69) is 9.97 Å². The number of amides is 2. The molecule has 27 heavy (non-hydrogen) atoms. The Morgan fingerprint density at radius 2 is 1.93 bits per heavy atom. The summed E-state index contributed by atoms with van der Waals surface area (Å²) in [5.74, 6) is 1.46. The van der Waals surface area contributed by atoms with Crippen molar-refractivity contribution >= 4 is 18.0 Å². The standard InChI is InChI=1S/C19H28N4O4/c1-12-10-15(23-11-13(2)26-18(23)25)21-16(20-12)14-6-8-22(9-7-14)17(24)27-19(3,4)5/h10,13-14H,6-9,11H2,1-5H3/t13-/m0/s1. The Hall–Kier alpha value is -2.38. The molecule has 2 amide bonds. The number of aromatic nitrogens is 2. The first-order valence-corrected chi connectivity index (χ1v) is 9.44. The Bertz CT molecular complexity index is 723. The summed E-state index contributed by atoms with van der Waals surface area (Å²) in [6.45, 7) is 11.1. The summed E-state index contributed by atoms with van der Waals surface area (Å²) in [4.78, 5) is 36.7. The van der Waals surface area contributed by atoms with E-state index in [1.54, 1.807) is 15.9 Å². The van der Waals surface area contributed by atoms with Crippen molar-refractivity contribution in [3.05, 3.63) is 17.6 Å². The summed E-state index contributed by atoms with van der Waals surface area (Å²) in [5.41, 5.74) is 0.321. The van der Waals surface area contributed by atoms with Gasteiger partial charge in [0.15, 0.2) is 0 Å². The lowest BCUT2D eigenvalue weighted by Crippen LogP contribution is -2.41. The topological polar surface area (TPSA) is 84.9 Å². The van der Waals surface area contributed by atoms with Gasteiger partial charge in [0, 0.05) is 30.8 Å². The van der Waals surface area contributed by atoms with Crippen LogP contribution >= 0.6 is 0 Å². The summed E-state index contributed by atoms with van der Waals surface area (Å²) in [7, 11) is 0. The third-order valence-corrected chi connectivity index (χ3v) is 4.61. The van der Waals surface area contributed by atoms with Crippen LogP contribution in [0.1, 0.15) is 58.0 Å². The minimum atomic E-state index is -0.496. The van der Waals surface area contributed by atoms with Crippen LogP contribution in [0.3, 0.4) is 0 Å². The molecule has 0 aromatic carbocycles. The highest BCUT2D eigenvalue weighted by atomic mass is 16.6. The number of cyclic esters (lactones) is 1. The zero-order chi connectivity index (χ0) is 19.8. The Kier molecular flexibility index (Phi) is 5.26. The van der Waals surface area contributed by atoms with Crippen molar-refractivity contribution in [2.75, 3.05) is 24.5 Å². The predicted molar refractivity (Wildman–Crippen MR) is 99.8 cm³/mol. The molecule has 0 aliphatic carbocycles. The van der Waals surface area contributed by atoms with Crippen LogP contribution in [0.4, 0.5) is 15.4 Å². The minimum Gasteiger partial charge on any atom is -0.444 e. The number of rotatable bonds is 2. The number of carbonyl (C=O) groups excluding carboxylic acids is 2. The van der Waals surface area contributed by atoms with Gasteiger partial charge in [0.05, 0.1) is 6.54 Å². The number of ether oxygens (including phenoxy) is 2. The van der Waals surface area contributed by atoms with Gasteiger partial charge in [-0.05, 0) is 47.5 Å². The van der Waals surface area contributed by atoms with E-state index in [0.717, 1.165) is 24.4 Å². The summed E-state index contributed by atoms with van der Waals surface area (Å²) in [6, 6.07) is 1.80. The van der Waals surface area contributed by atoms with Crippen LogP contribution in [0.2, 0.25) is 0 Å². The lowest BCUT2D eigenvalue weighted by Gasteiger charge is -2.33. The van der Waals surface area contributed by atoms with E-state index in [-0.39, 0.29) is 24.2 Å². The molecule has 1 atom stereocenters. The van der Waals surface area contributed by atoms with Crippen molar-refractivity contribution in [1.82, 2.24) is 14.9 Å². The van der Waals surface area contributed by atoms with Crippen LogP contribution in [0.25, 0.3) is 0 Å². The second-order valence-corrected chi connectivity index (χ2v) is 8.27. The van der Waals surface area contributed by atoms with Crippen LogP contribution in [-0.2, 0) is 9.47 Å². The number of hydrogen-bond acceptors (Lipinski definition) is 6. The normalized spacial score (nSPS) is 21.4. The van der Waals surface area contributed by atoms with Gasteiger partial charge in [-0.3, -0.25) is 4.90 Å². The van der Waals surface area contributed by atoms with Gasteiger partial charge in [-0.25, -0.2) is 19.6 Å². The number of anilines is 1. The second-order valence-electron chi connectivity index (χ2n) is 8.27. The Balaban J connectivity index is 1.68. The van der Waals surface area contributed by atoms with E-state index in [9.17, 15) is 9.59 Å². The van der Waals surface area contributed by atoms with Crippen molar-refractivity contribution in [3.8, 4) is 0 Å². The average molecular weight is 376 g/mol. The number of aryl methyl sites for hydroxylation is 1. The zero-order valence-electron chi connectivity index (χ0n) is 16.7. The van der Waals surface area contributed by atoms with Gasteiger partial charge < -0.3 is 14.4 Å². The lowest BCUT2D eigenvalue weighted by atomic mass is 9.96. The molecular weight excluding hydrogens is 348 g/mol. The van der Waals surface area contributed by atoms with E-state index in [0.29, 0.717) is 25.5 Å². The fraction of sp³-hybridized carbons (Fsp3) is 0.684. The molecular formula is C19H28N4O4. The van der Waals surface area contributed by atoms with Gasteiger partial charge in [-0.1, -0.05) is 0 Å². The molecule has 0 bridgehead atoms. The molecule has 2 aliphatic rings. The van der Waals surface area contributed by atoms with Gasteiger partial charge in [-0.15, -0.1) is 0 Å². The molecule has 2 aliphatic heterocycles. The molecule has 0 N–H and O–H groups in total. The maximum atomic E-state index is 12.2. The Morgan fingerprint density at radius 1 is 1.26 bits per heavy atom. The fourth-order valence-electron chi connectivity index (χ4n) is 3.33. The first-order valence-electron chi connectivity index (χ1n) is 9.44. The van der Waals surface area contributed by atoms with E-state index in [1.807, 2.05) is 34.6 Å². The Labute approximate surface area is 159 Å². The highest BCUT2D eigenvalue weighted by molar-refractivity contribution is 5.88. The first kappa shape index (κ1) is 19.4. The molecule has 0 unspecified atom stereocenters. The SMILES string of the molecule is Cc1cc(N2C[C@H](C)OC2=O)nc(C2CCN(C(=O)OC(C)(C)C)CC2)n1. The van der Waals surface area contributed by atoms with Crippen molar-refractivity contribution in [3.63, 3.8) is 0 Å². The van der Waals surface area contributed by atoms with E-state index >= 15 is 0 Å². The maximum absolute atomic E-state index is 12.2. The van der Waals surface area contributed by atoms with Gasteiger partial charge in [0.25, 0.3) is 0 Å². The van der Waals surface area contributed by atoms with Crippen molar-refractivity contribution < 1.29 is 19.1 Å². The molecule has 0 radical (unpaired) electrons. The quantitative estimate of drug-likeness (QED) is 0.788. The van der Waals surface area contributed by atoms with E-state index in [1.165, 1.54) is 0 Å². The lowest BCUT2D eigenvalue weighted by molar-refractivity contribution is 0.0203. The van der Waals surface area contributed by atoms with E-state index < -0.39 is 5.60 Å². The molecule has 2 saturated heterocycles. The number of carbonyl (C=O) groups is 2. The summed E-state index contributed by atoms with van der Waals surface area (Å²) >= 11 is 0. The highest BCUT2D eigenvalue weighted by Crippen LogP contribution is 2.29. The molecule has 148 valence electrons. The van der Waals surface area contributed by atoms with E-state index in [4.69, 9.17) is 9.47 Å². The third kappa shape index (κ3) is 4.67. The third-order valence-electron chi connectivity index (χ3n) is 4.61. The molecule has 1 aromatic heterocycles. The van der Waals surface area contributed by atoms with Gasteiger partial charge >= 0.3 is 12.2 Å². The maximum Gasteiger partial charge on any atom is 0.415 e. The molecule has 2 fully saturated rings. The van der Waals surface area contributed by atoms with Crippen LogP contribution in [0.5, 0.6) is 0 Å². The fourth-order valence-corrected chi connectivity index (χ4v) is 3.33. The van der Waals surface area contributed by atoms with Crippen LogP contribution in [0, 0.1) is 6.92 Å². The molecule has 0 saturated carbocycles. The summed E-state index contributed by atoms with van der Waals surface area (Å²) in [6.07, 6.45) is 0.742. The highest BCUT2D eigenvalue weighted by Gasteiger charge is 2.32. The van der Waals surface area contributed by atoms with Crippen molar-refractivity contribution in [1.29, 1.82) is 0 Å². The molecule has 3 rings (SSSR count). The minimum absolute atomic E-state index is 0.145. The van der Waals surface area contributed by atoms with Crippen LogP contribution < -0.4 is 4.90 Å². The molecule has 0 spiro atoms. The number of hydrogen-bond donors (Lipinski definition) is 0. The van der Waals surface area contributed by atoms with Gasteiger partial charge in [0.2, 0.25) is 0 Å². The number of piperidine rings is 1. The summed E-state index contributed by atoms with van der Waals surface area (Å²) in [5, 5.41) is 0. The number of likely N-dealkylation sites (tertiary alicyclic amines) is 1. The Morgan fingerprint density at radius 3 is 2.48 bits per heavy atom. The van der Waals surface area contributed by atoms with Crippen LogP contribution in [0.15, 0.2) is 6.07 Å². The monoisotopic (exact) mass is 376 g/mol. The average Bonchev–Trinajstić information content (AvgIpc) is 2.91. The zero-order valence-corrected chi connectivity index (χ0v) is 16.7. The van der Waals surface area contributed by atoms with Crippen molar-refractivity contribution in [2.24, 2.45) is 0 Å². The molecule has 1 aromatic rings. The number of nitrogens with zero attached hydrogens (tertiary/aromatic N) is 4. The van der Waals surface area contributed by atoms with Gasteiger partial charge in [0.1, 0.15) is 23.3 Å². The smallest absolute Gasteiger partial charge is 0.415 e. The predicted octanol–water partition coefficient (Wildman–Crippen LogP) is 3.24. The first-order chi connectivity index (χ1) is 12.6.